The second-order valence-electron chi connectivity index (χ2n) is 8.62. The van der Waals surface area contributed by atoms with Crippen molar-refractivity contribution >= 4 is 23.2 Å². The number of hydrogen-bond donors (Lipinski definition) is 3. The second kappa shape index (κ2) is 9.79. The van der Waals surface area contributed by atoms with Gasteiger partial charge in [-0.2, -0.15) is 0 Å². The van der Waals surface area contributed by atoms with Gasteiger partial charge in [-0.25, -0.2) is 13.2 Å². The molecule has 0 spiro atoms. The lowest BCUT2D eigenvalue weighted by Gasteiger charge is -2.49. The fourth-order valence-electron chi connectivity index (χ4n) is 4.58. The molecule has 3 N–H and O–H groups in total. The van der Waals surface area contributed by atoms with Crippen LogP contribution in [0.1, 0.15) is 35.2 Å². The number of halogens is 3. The summed E-state index contributed by atoms with van der Waals surface area (Å²) in [7, 11) is 0. The summed E-state index contributed by atoms with van der Waals surface area (Å²) < 4.78 is 48.5. The van der Waals surface area contributed by atoms with E-state index in [0.29, 0.717) is 11.5 Å². The zero-order valence-electron chi connectivity index (χ0n) is 17.8. The molecule has 1 heterocycles. The van der Waals surface area contributed by atoms with Gasteiger partial charge >= 0.3 is 0 Å². The maximum absolute atomic E-state index is 15.0. The third kappa shape index (κ3) is 5.05. The molecule has 1 aliphatic carbocycles. The van der Waals surface area contributed by atoms with Gasteiger partial charge in [-0.05, 0) is 55.6 Å². The highest BCUT2D eigenvalue weighted by atomic mass is 32.1. The molecule has 5 nitrogen and oxygen atoms in total. The van der Waals surface area contributed by atoms with Crippen LogP contribution in [0.3, 0.4) is 0 Å². The van der Waals surface area contributed by atoms with Crippen molar-refractivity contribution in [1.29, 1.82) is 0 Å². The zero-order valence-corrected chi connectivity index (χ0v) is 18.6. The number of benzene rings is 2. The van der Waals surface area contributed by atoms with E-state index in [1.165, 1.54) is 6.07 Å². The molecule has 4 rings (SSSR count). The molecule has 0 radical (unpaired) electrons. The molecule has 0 bridgehead atoms. The number of hydrogen-bond acceptors (Lipinski definition) is 4. The van der Waals surface area contributed by atoms with E-state index in [4.69, 9.17) is 17.0 Å². The standard InChI is InChI=1S/C24H25F3N2O3S/c25-12-20(30)18-11-21(14-6-7-14)32-13-24(18,17-9-8-16(26)10-19(17)27)29-23(33)28-22(31)15-4-2-1-3-5-15/h1-5,8-10,14,18,20-21,30H,6-7,11-13H2,(H2,28,29,31,33). The Morgan fingerprint density at radius 3 is 2.58 bits per heavy atom. The number of alkyl halides is 1. The highest BCUT2D eigenvalue weighted by Gasteiger charge is 2.53. The van der Waals surface area contributed by atoms with Crippen LogP contribution in [0.25, 0.3) is 0 Å². The Hall–Kier alpha value is -2.49. The smallest absolute Gasteiger partial charge is 0.257 e. The summed E-state index contributed by atoms with van der Waals surface area (Å²) in [4.78, 5) is 12.6. The van der Waals surface area contributed by atoms with Gasteiger partial charge in [-0.15, -0.1) is 0 Å². The lowest BCUT2D eigenvalue weighted by Crippen LogP contribution is -2.63. The average molecular weight is 479 g/mol. The summed E-state index contributed by atoms with van der Waals surface area (Å²) >= 11 is 5.35. The zero-order chi connectivity index (χ0) is 23.6. The average Bonchev–Trinajstić information content (AvgIpc) is 3.64. The van der Waals surface area contributed by atoms with E-state index in [-0.39, 0.29) is 29.8 Å². The van der Waals surface area contributed by atoms with Crippen molar-refractivity contribution in [2.24, 2.45) is 11.8 Å². The van der Waals surface area contributed by atoms with Crippen LogP contribution >= 0.6 is 12.2 Å². The van der Waals surface area contributed by atoms with Gasteiger partial charge in [0.25, 0.3) is 5.91 Å². The van der Waals surface area contributed by atoms with E-state index in [1.807, 2.05) is 0 Å². The Bertz CT molecular complexity index is 1020. The minimum absolute atomic E-state index is 0.0213. The lowest BCUT2D eigenvalue weighted by atomic mass is 9.70. The van der Waals surface area contributed by atoms with Gasteiger partial charge in [-0.1, -0.05) is 24.3 Å². The molecule has 176 valence electrons. The van der Waals surface area contributed by atoms with Gasteiger partial charge < -0.3 is 15.2 Å². The predicted molar refractivity (Wildman–Crippen MR) is 120 cm³/mol. The molecule has 4 atom stereocenters. The first kappa shape index (κ1) is 23.7. The molecular weight excluding hydrogens is 453 g/mol. The van der Waals surface area contributed by atoms with Gasteiger partial charge in [0.05, 0.1) is 24.4 Å². The minimum atomic E-state index is -1.52. The fraction of sp³-hybridized carbons (Fsp3) is 0.417. The second-order valence-corrected chi connectivity index (χ2v) is 9.03. The fourth-order valence-corrected chi connectivity index (χ4v) is 4.85. The van der Waals surface area contributed by atoms with Gasteiger partial charge in [-0.3, -0.25) is 10.1 Å². The number of carbonyl (C=O) groups excluding carboxylic acids is 1. The van der Waals surface area contributed by atoms with Crippen molar-refractivity contribution in [1.82, 2.24) is 10.6 Å². The number of aliphatic hydroxyl groups is 1. The van der Waals surface area contributed by atoms with Crippen molar-refractivity contribution in [3.05, 3.63) is 71.3 Å². The summed E-state index contributed by atoms with van der Waals surface area (Å²) in [6, 6.07) is 11.4. The topological polar surface area (TPSA) is 70.6 Å². The van der Waals surface area contributed by atoms with E-state index in [1.54, 1.807) is 30.3 Å². The molecule has 0 aromatic heterocycles. The normalized spacial score (nSPS) is 25.8. The number of rotatable bonds is 6. The van der Waals surface area contributed by atoms with Gasteiger partial charge in [0.1, 0.15) is 18.3 Å². The van der Waals surface area contributed by atoms with Gasteiger partial charge in [0.15, 0.2) is 5.11 Å². The molecule has 4 unspecified atom stereocenters. The van der Waals surface area contributed by atoms with Crippen LogP contribution in [0.4, 0.5) is 13.2 Å². The molecule has 2 aromatic carbocycles. The molecule has 1 saturated heterocycles. The summed E-state index contributed by atoms with van der Waals surface area (Å²) in [5, 5.41) is 16.0. The molecule has 9 heteroatoms. The van der Waals surface area contributed by atoms with Crippen LogP contribution in [0.15, 0.2) is 48.5 Å². The van der Waals surface area contributed by atoms with Gasteiger partial charge in [0.2, 0.25) is 0 Å². The van der Waals surface area contributed by atoms with Crippen molar-refractivity contribution in [2.75, 3.05) is 13.3 Å². The lowest BCUT2D eigenvalue weighted by molar-refractivity contribution is -0.114. The summed E-state index contributed by atoms with van der Waals surface area (Å²) in [5.74, 6) is -2.68. The van der Waals surface area contributed by atoms with E-state index in [2.05, 4.69) is 10.6 Å². The summed E-state index contributed by atoms with van der Waals surface area (Å²) in [6.45, 7) is -1.20. The van der Waals surface area contributed by atoms with Crippen LogP contribution in [0.2, 0.25) is 0 Å². The van der Waals surface area contributed by atoms with Gasteiger partial charge in [0, 0.05) is 23.1 Å². The van der Waals surface area contributed by atoms with Crippen LogP contribution < -0.4 is 10.6 Å². The maximum Gasteiger partial charge on any atom is 0.257 e. The number of ether oxygens (including phenoxy) is 1. The van der Waals surface area contributed by atoms with E-state index >= 15 is 4.39 Å². The maximum atomic E-state index is 15.0. The summed E-state index contributed by atoms with van der Waals surface area (Å²) in [6.07, 6.45) is 0.552. The molecule has 2 fully saturated rings. The monoisotopic (exact) mass is 478 g/mol. The molecule has 33 heavy (non-hydrogen) atoms. The van der Waals surface area contributed by atoms with Crippen LogP contribution in [-0.2, 0) is 10.3 Å². The van der Waals surface area contributed by atoms with E-state index < -0.39 is 41.8 Å². The Labute approximate surface area is 195 Å². The van der Waals surface area contributed by atoms with E-state index in [0.717, 1.165) is 25.0 Å². The van der Waals surface area contributed by atoms with Crippen molar-refractivity contribution < 1.29 is 27.8 Å². The number of amides is 1. The van der Waals surface area contributed by atoms with Crippen LogP contribution in [-0.4, -0.2) is 41.6 Å². The minimum Gasteiger partial charge on any atom is -0.390 e. The molecule has 1 amide bonds. The highest BCUT2D eigenvalue weighted by molar-refractivity contribution is 7.80. The molecular formula is C24H25F3N2O3S. The van der Waals surface area contributed by atoms with Crippen LogP contribution in [0, 0.1) is 23.5 Å². The Kier molecular flexibility index (Phi) is 7.02. The summed E-state index contributed by atoms with van der Waals surface area (Å²) in [5.41, 5.74) is -1.18. The Morgan fingerprint density at radius 1 is 1.21 bits per heavy atom. The number of aliphatic hydroxyl groups excluding tert-OH is 1. The molecule has 2 aliphatic rings. The molecule has 1 aliphatic heterocycles. The highest BCUT2D eigenvalue weighted by Crippen LogP contribution is 2.47. The van der Waals surface area contributed by atoms with Crippen molar-refractivity contribution in [2.45, 2.75) is 37.0 Å². The first-order chi connectivity index (χ1) is 15.8. The first-order valence-electron chi connectivity index (χ1n) is 10.8. The van der Waals surface area contributed by atoms with Crippen LogP contribution in [0.5, 0.6) is 0 Å². The molecule has 2 aromatic rings. The predicted octanol–water partition coefficient (Wildman–Crippen LogP) is 3.61. The first-order valence-corrected chi connectivity index (χ1v) is 11.2. The largest absolute Gasteiger partial charge is 0.390 e. The Morgan fingerprint density at radius 2 is 1.94 bits per heavy atom. The van der Waals surface area contributed by atoms with E-state index in [9.17, 15) is 18.7 Å². The van der Waals surface area contributed by atoms with Crippen molar-refractivity contribution in [3.8, 4) is 0 Å². The number of thiocarbonyl (C=S) groups is 1. The quantitative estimate of drug-likeness (QED) is 0.554. The third-order valence-electron chi connectivity index (χ3n) is 6.43. The SMILES string of the molecule is O=C(NC(=S)NC1(c2ccc(F)cc2F)COC(C2CC2)CC1C(O)CF)c1ccccc1. The Balaban J connectivity index is 1.67. The third-order valence-corrected chi connectivity index (χ3v) is 6.63. The molecule has 1 saturated carbocycles. The number of carbonyl (C=O) groups is 1. The number of nitrogens with one attached hydrogen (secondary N) is 2. The van der Waals surface area contributed by atoms with Crippen molar-refractivity contribution in [3.63, 3.8) is 0 Å².